The van der Waals surface area contributed by atoms with Gasteiger partial charge < -0.3 is 9.88 Å². The molecule has 1 aliphatic heterocycles. The van der Waals surface area contributed by atoms with Crippen molar-refractivity contribution in [3.05, 3.63) is 47.7 Å². The first-order chi connectivity index (χ1) is 11.1. The Bertz CT molecular complexity index is 732. The van der Waals surface area contributed by atoms with E-state index in [1.54, 1.807) is 5.56 Å². The lowest BCUT2D eigenvalue weighted by Gasteiger charge is -2.45. The van der Waals surface area contributed by atoms with Gasteiger partial charge in [-0.2, -0.15) is 11.8 Å². The molecule has 1 aliphatic carbocycles. The summed E-state index contributed by atoms with van der Waals surface area (Å²) in [4.78, 5) is 6.09. The Labute approximate surface area is 143 Å². The molecule has 2 aromatic rings. The van der Waals surface area contributed by atoms with Crippen LogP contribution in [-0.2, 0) is 6.42 Å². The van der Waals surface area contributed by atoms with E-state index in [4.69, 9.17) is 0 Å². The van der Waals surface area contributed by atoms with Gasteiger partial charge in [-0.05, 0) is 55.7 Å². The molecule has 23 heavy (non-hydrogen) atoms. The summed E-state index contributed by atoms with van der Waals surface area (Å²) < 4.78 is 0. The molecule has 3 heteroatoms. The van der Waals surface area contributed by atoms with Crippen molar-refractivity contribution >= 4 is 22.7 Å². The number of rotatable bonds is 4. The molecule has 2 aliphatic rings. The number of likely N-dealkylation sites (tertiary alicyclic amines) is 1. The van der Waals surface area contributed by atoms with Gasteiger partial charge in [0.05, 0.1) is 0 Å². The fourth-order valence-electron chi connectivity index (χ4n) is 4.57. The zero-order chi connectivity index (χ0) is 16.0. The van der Waals surface area contributed by atoms with Crippen molar-refractivity contribution in [3.8, 4) is 0 Å². The van der Waals surface area contributed by atoms with Crippen LogP contribution in [0.3, 0.4) is 0 Å². The number of nitrogens with zero attached hydrogens (tertiary/aromatic N) is 1. The lowest BCUT2D eigenvalue weighted by Crippen LogP contribution is -2.48. The highest BCUT2D eigenvalue weighted by atomic mass is 32.2. The van der Waals surface area contributed by atoms with E-state index in [1.165, 1.54) is 47.2 Å². The summed E-state index contributed by atoms with van der Waals surface area (Å²) in [6, 6.07) is 7.48. The highest BCUT2D eigenvalue weighted by Crippen LogP contribution is 2.44. The lowest BCUT2D eigenvalue weighted by molar-refractivity contribution is 0.121. The minimum absolute atomic E-state index is 0.672. The van der Waals surface area contributed by atoms with E-state index in [9.17, 15) is 0 Å². The standard InChI is InChI=1S/C20H26N2S/c1-13(2)11-23-12-14-7-17-16-5-4-6-18-20(16)15(9-21-18)8-19(17)22(3)10-14/h4-6,9,14,17,19,21H,1,7-8,10-12H2,2-3H3/t14-,17?,19-/m1/s1. The minimum Gasteiger partial charge on any atom is -0.361 e. The Morgan fingerprint density at radius 1 is 1.43 bits per heavy atom. The first-order valence-corrected chi connectivity index (χ1v) is 9.80. The summed E-state index contributed by atoms with van der Waals surface area (Å²) >= 11 is 2.06. The van der Waals surface area contributed by atoms with Crippen LogP contribution < -0.4 is 0 Å². The molecule has 0 spiro atoms. The summed E-state index contributed by atoms with van der Waals surface area (Å²) in [7, 11) is 2.32. The van der Waals surface area contributed by atoms with Crippen LogP contribution in [0.1, 0.15) is 30.4 Å². The van der Waals surface area contributed by atoms with Gasteiger partial charge >= 0.3 is 0 Å². The Morgan fingerprint density at radius 3 is 3.13 bits per heavy atom. The lowest BCUT2D eigenvalue weighted by atomic mass is 9.73. The molecular formula is C20H26N2S. The molecule has 4 rings (SSSR count). The maximum Gasteiger partial charge on any atom is 0.0459 e. The molecule has 0 radical (unpaired) electrons. The van der Waals surface area contributed by atoms with Gasteiger partial charge in [-0.25, -0.2) is 0 Å². The van der Waals surface area contributed by atoms with Crippen LogP contribution >= 0.6 is 11.8 Å². The normalized spacial score (nSPS) is 27.1. The molecule has 1 aromatic heterocycles. The topological polar surface area (TPSA) is 19.0 Å². The Hall–Kier alpha value is -1.19. The number of hydrogen-bond acceptors (Lipinski definition) is 2. The van der Waals surface area contributed by atoms with Gasteiger partial charge in [-0.3, -0.25) is 0 Å². The average Bonchev–Trinajstić information content (AvgIpc) is 2.93. The largest absolute Gasteiger partial charge is 0.361 e. The number of nitrogens with one attached hydrogen (secondary N) is 1. The van der Waals surface area contributed by atoms with Gasteiger partial charge in [0.15, 0.2) is 0 Å². The number of likely N-dealkylation sites (N-methyl/N-ethyl adjacent to an activating group) is 1. The summed E-state index contributed by atoms with van der Waals surface area (Å²) in [5.74, 6) is 3.85. The number of thioether (sulfide) groups is 1. The van der Waals surface area contributed by atoms with Crippen molar-refractivity contribution in [1.82, 2.24) is 9.88 Å². The monoisotopic (exact) mass is 326 g/mol. The van der Waals surface area contributed by atoms with Crippen molar-refractivity contribution in [2.45, 2.75) is 31.7 Å². The summed E-state index contributed by atoms with van der Waals surface area (Å²) in [6.07, 6.45) is 4.76. The predicted molar refractivity (Wildman–Crippen MR) is 101 cm³/mol. The van der Waals surface area contributed by atoms with E-state index in [0.717, 1.165) is 11.7 Å². The number of aromatic amines is 1. The van der Waals surface area contributed by atoms with Gasteiger partial charge in [0.25, 0.3) is 0 Å². The van der Waals surface area contributed by atoms with Crippen LogP contribution in [0.2, 0.25) is 0 Å². The van der Waals surface area contributed by atoms with Crippen molar-refractivity contribution in [1.29, 1.82) is 0 Å². The number of piperidine rings is 1. The molecule has 122 valence electrons. The van der Waals surface area contributed by atoms with E-state index in [-0.39, 0.29) is 0 Å². The zero-order valence-corrected chi connectivity index (χ0v) is 15.0. The fraction of sp³-hybridized carbons (Fsp3) is 0.500. The molecule has 2 heterocycles. The third-order valence-electron chi connectivity index (χ3n) is 5.51. The van der Waals surface area contributed by atoms with Gasteiger partial charge in [0, 0.05) is 41.4 Å². The predicted octanol–water partition coefficient (Wildman–Crippen LogP) is 4.44. The third-order valence-corrected chi connectivity index (χ3v) is 6.92. The second-order valence-corrected chi connectivity index (χ2v) is 8.51. The second-order valence-electron chi connectivity index (χ2n) is 7.48. The van der Waals surface area contributed by atoms with Gasteiger partial charge in [0.2, 0.25) is 0 Å². The van der Waals surface area contributed by atoms with Crippen LogP contribution in [0.5, 0.6) is 0 Å². The molecule has 1 unspecified atom stereocenters. The van der Waals surface area contributed by atoms with E-state index >= 15 is 0 Å². The molecule has 1 saturated heterocycles. The van der Waals surface area contributed by atoms with E-state index < -0.39 is 0 Å². The molecule has 0 saturated carbocycles. The first kappa shape index (κ1) is 15.3. The maximum absolute atomic E-state index is 4.03. The third kappa shape index (κ3) is 2.74. The maximum atomic E-state index is 4.03. The van der Waals surface area contributed by atoms with Crippen molar-refractivity contribution < 1.29 is 0 Å². The number of hydrogen-bond donors (Lipinski definition) is 1. The van der Waals surface area contributed by atoms with Crippen LogP contribution in [0.4, 0.5) is 0 Å². The average molecular weight is 327 g/mol. The highest BCUT2D eigenvalue weighted by molar-refractivity contribution is 7.99. The Balaban J connectivity index is 1.59. The van der Waals surface area contributed by atoms with Crippen LogP contribution in [-0.4, -0.2) is 41.0 Å². The zero-order valence-electron chi connectivity index (χ0n) is 14.1. The van der Waals surface area contributed by atoms with Crippen molar-refractivity contribution in [2.24, 2.45) is 5.92 Å². The summed E-state index contributed by atoms with van der Waals surface area (Å²) in [5.41, 5.74) is 5.70. The number of fused-ring (bicyclic) bond motifs is 2. The van der Waals surface area contributed by atoms with Gasteiger partial charge in [0.1, 0.15) is 0 Å². The van der Waals surface area contributed by atoms with Crippen LogP contribution in [0.15, 0.2) is 36.5 Å². The molecular weight excluding hydrogens is 300 g/mol. The second kappa shape index (κ2) is 6.03. The fourth-order valence-corrected chi connectivity index (χ4v) is 5.62. The van der Waals surface area contributed by atoms with Gasteiger partial charge in [-0.15, -0.1) is 0 Å². The number of benzene rings is 1. The first-order valence-electron chi connectivity index (χ1n) is 8.64. The highest BCUT2D eigenvalue weighted by Gasteiger charge is 2.39. The quantitative estimate of drug-likeness (QED) is 0.838. The molecule has 0 amide bonds. The van der Waals surface area contributed by atoms with E-state index in [2.05, 4.69) is 66.6 Å². The van der Waals surface area contributed by atoms with Crippen molar-refractivity contribution in [2.75, 3.05) is 25.1 Å². The summed E-state index contributed by atoms with van der Waals surface area (Å²) in [5, 5.41) is 1.51. The van der Waals surface area contributed by atoms with E-state index in [0.29, 0.717) is 12.0 Å². The molecule has 1 aromatic carbocycles. The summed E-state index contributed by atoms with van der Waals surface area (Å²) in [6.45, 7) is 7.40. The minimum atomic E-state index is 0.672. The molecule has 1 fully saturated rings. The molecule has 1 N–H and O–H groups in total. The molecule has 2 nitrogen and oxygen atoms in total. The van der Waals surface area contributed by atoms with Gasteiger partial charge in [-0.1, -0.05) is 24.3 Å². The van der Waals surface area contributed by atoms with Crippen LogP contribution in [0, 0.1) is 5.92 Å². The SMILES string of the molecule is C=C(C)CSC[C@@H]1CC2c3cccc4[nH]cc(c34)C[C@H]2N(C)C1. The molecule has 3 atom stereocenters. The van der Waals surface area contributed by atoms with Crippen LogP contribution in [0.25, 0.3) is 10.9 Å². The Morgan fingerprint density at radius 2 is 2.30 bits per heavy atom. The van der Waals surface area contributed by atoms with Crippen molar-refractivity contribution in [3.63, 3.8) is 0 Å². The number of H-pyrrole nitrogens is 1. The Kier molecular flexibility index (Phi) is 4.02. The van der Waals surface area contributed by atoms with E-state index in [1.807, 2.05) is 0 Å². The molecule has 0 bridgehead atoms. The number of aromatic nitrogens is 1. The smallest absolute Gasteiger partial charge is 0.0459 e.